The largest absolute Gasteiger partial charge is 0.350 e. The minimum Gasteiger partial charge on any atom is -0.350 e. The van der Waals surface area contributed by atoms with Gasteiger partial charge < -0.3 is 10.6 Å². The van der Waals surface area contributed by atoms with Gasteiger partial charge in [0.25, 0.3) is 0 Å². The highest BCUT2D eigenvalue weighted by Crippen LogP contribution is 2.28. The zero-order chi connectivity index (χ0) is 12.0. The zero-order valence-electron chi connectivity index (χ0n) is 8.81. The third kappa shape index (κ3) is 1.39. The summed E-state index contributed by atoms with van der Waals surface area (Å²) >= 11 is 4.79. The molecule has 0 saturated carbocycles. The fourth-order valence-electron chi connectivity index (χ4n) is 2.12. The Morgan fingerprint density at radius 1 is 1.25 bits per heavy atom. The summed E-state index contributed by atoms with van der Waals surface area (Å²) in [6.07, 6.45) is 0. The van der Waals surface area contributed by atoms with Gasteiger partial charge in [-0.3, -0.25) is 19.3 Å². The Morgan fingerprint density at radius 2 is 1.88 bits per heavy atom. The van der Waals surface area contributed by atoms with Crippen molar-refractivity contribution in [3.8, 4) is 0 Å². The molecule has 16 heavy (non-hydrogen) atoms. The van der Waals surface area contributed by atoms with Crippen molar-refractivity contribution in [2.24, 2.45) is 11.8 Å². The maximum atomic E-state index is 11.8. The molecule has 0 aliphatic carbocycles. The Bertz CT molecular complexity index is 409. The predicted octanol–water partition coefficient (Wildman–Crippen LogP) is -1.39. The molecule has 0 aromatic heterocycles. The molecule has 2 aliphatic rings. The summed E-state index contributed by atoms with van der Waals surface area (Å²) in [5.74, 6) is -2.12. The molecule has 86 valence electrons. The molecule has 2 aliphatic heterocycles. The average molecular weight is 241 g/mol. The second kappa shape index (κ2) is 3.51. The molecule has 2 heterocycles. The predicted molar refractivity (Wildman–Crippen MR) is 58.1 cm³/mol. The molecule has 3 unspecified atom stereocenters. The van der Waals surface area contributed by atoms with Gasteiger partial charge in [0.15, 0.2) is 5.11 Å². The summed E-state index contributed by atoms with van der Waals surface area (Å²) in [6.45, 7) is 1.64. The van der Waals surface area contributed by atoms with Crippen LogP contribution in [0.1, 0.15) is 6.92 Å². The van der Waals surface area contributed by atoms with Crippen molar-refractivity contribution < 1.29 is 14.4 Å². The quantitative estimate of drug-likeness (QED) is 0.436. The summed E-state index contributed by atoms with van der Waals surface area (Å²) in [5, 5.41) is 5.34. The van der Waals surface area contributed by atoms with E-state index in [0.717, 1.165) is 4.90 Å². The molecule has 7 heteroatoms. The summed E-state index contributed by atoms with van der Waals surface area (Å²) in [5.41, 5.74) is 0. The van der Waals surface area contributed by atoms with Gasteiger partial charge in [-0.1, -0.05) is 6.92 Å². The normalized spacial score (nSPS) is 34.4. The van der Waals surface area contributed by atoms with Crippen molar-refractivity contribution in [1.29, 1.82) is 0 Å². The maximum Gasteiger partial charge on any atom is 0.249 e. The molecule has 2 fully saturated rings. The standard InChI is InChI=1S/C9H11N3O3S/c1-3-4(8(15)12(2)7(3)14)5-6(13)11-9(16)10-5/h3-5H,1-2H3,(H2,10,11,13,16). The average Bonchev–Trinajstić information content (AvgIpc) is 2.63. The van der Waals surface area contributed by atoms with Gasteiger partial charge in [-0.05, 0) is 12.2 Å². The Labute approximate surface area is 97.4 Å². The van der Waals surface area contributed by atoms with E-state index in [2.05, 4.69) is 10.6 Å². The van der Waals surface area contributed by atoms with Gasteiger partial charge in [0.2, 0.25) is 17.7 Å². The molecule has 2 rings (SSSR count). The summed E-state index contributed by atoms with van der Waals surface area (Å²) in [4.78, 5) is 36.0. The first kappa shape index (κ1) is 11.0. The Kier molecular flexibility index (Phi) is 2.42. The highest BCUT2D eigenvalue weighted by atomic mass is 32.1. The van der Waals surface area contributed by atoms with Crippen molar-refractivity contribution in [3.05, 3.63) is 0 Å². The van der Waals surface area contributed by atoms with Crippen molar-refractivity contribution in [1.82, 2.24) is 15.5 Å². The van der Waals surface area contributed by atoms with E-state index in [0.29, 0.717) is 0 Å². The van der Waals surface area contributed by atoms with Gasteiger partial charge in [0.05, 0.1) is 5.92 Å². The molecule has 3 atom stereocenters. The lowest BCUT2D eigenvalue weighted by Gasteiger charge is -2.16. The van der Waals surface area contributed by atoms with Gasteiger partial charge in [0, 0.05) is 13.0 Å². The number of nitrogens with one attached hydrogen (secondary N) is 2. The van der Waals surface area contributed by atoms with E-state index >= 15 is 0 Å². The van der Waals surface area contributed by atoms with Crippen LogP contribution in [-0.2, 0) is 14.4 Å². The fraction of sp³-hybridized carbons (Fsp3) is 0.556. The first-order valence-corrected chi connectivity index (χ1v) is 5.27. The van der Waals surface area contributed by atoms with Gasteiger partial charge in [0.1, 0.15) is 6.04 Å². The number of nitrogens with zero attached hydrogens (tertiary/aromatic N) is 1. The van der Waals surface area contributed by atoms with Crippen molar-refractivity contribution in [2.45, 2.75) is 13.0 Å². The topological polar surface area (TPSA) is 78.5 Å². The van der Waals surface area contributed by atoms with Crippen LogP contribution in [0, 0.1) is 11.8 Å². The number of thiocarbonyl (C=S) groups is 1. The van der Waals surface area contributed by atoms with E-state index < -0.39 is 17.9 Å². The molecule has 0 spiro atoms. The van der Waals surface area contributed by atoms with Gasteiger partial charge >= 0.3 is 0 Å². The number of hydrogen-bond acceptors (Lipinski definition) is 4. The first-order chi connectivity index (χ1) is 7.43. The van der Waals surface area contributed by atoms with Crippen LogP contribution >= 0.6 is 12.2 Å². The summed E-state index contributed by atoms with van der Waals surface area (Å²) in [7, 11) is 1.42. The first-order valence-electron chi connectivity index (χ1n) is 4.86. The molecule has 0 bridgehead atoms. The van der Waals surface area contributed by atoms with Crippen LogP contribution in [0.15, 0.2) is 0 Å². The molecule has 0 aromatic carbocycles. The van der Waals surface area contributed by atoms with E-state index in [-0.39, 0.29) is 22.8 Å². The van der Waals surface area contributed by atoms with E-state index in [9.17, 15) is 14.4 Å². The van der Waals surface area contributed by atoms with Crippen LogP contribution < -0.4 is 10.6 Å². The minimum absolute atomic E-state index is 0.206. The van der Waals surface area contributed by atoms with E-state index in [1.165, 1.54) is 7.05 Å². The third-order valence-corrected chi connectivity index (χ3v) is 3.26. The second-order valence-electron chi connectivity index (χ2n) is 3.99. The van der Waals surface area contributed by atoms with E-state index in [1.807, 2.05) is 0 Å². The number of imide groups is 1. The molecule has 2 saturated heterocycles. The lowest BCUT2D eigenvalue weighted by Crippen LogP contribution is -2.42. The smallest absolute Gasteiger partial charge is 0.249 e. The lowest BCUT2D eigenvalue weighted by molar-refractivity contribution is -0.139. The molecule has 6 nitrogen and oxygen atoms in total. The Morgan fingerprint density at radius 3 is 2.25 bits per heavy atom. The SMILES string of the molecule is CC1C(=O)N(C)C(=O)C1C1NC(=S)NC1=O. The van der Waals surface area contributed by atoms with E-state index in [4.69, 9.17) is 12.2 Å². The van der Waals surface area contributed by atoms with Crippen molar-refractivity contribution >= 4 is 35.1 Å². The highest BCUT2D eigenvalue weighted by Gasteiger charge is 2.51. The minimum atomic E-state index is -0.733. The number of carbonyl (C=O) groups excluding carboxylic acids is 3. The Hall–Kier alpha value is -1.50. The monoisotopic (exact) mass is 241 g/mol. The molecule has 3 amide bonds. The zero-order valence-corrected chi connectivity index (χ0v) is 9.63. The lowest BCUT2D eigenvalue weighted by atomic mass is 9.89. The van der Waals surface area contributed by atoms with Gasteiger partial charge in [-0.15, -0.1) is 0 Å². The molecule has 2 N–H and O–H groups in total. The van der Waals surface area contributed by atoms with Crippen molar-refractivity contribution in [3.63, 3.8) is 0 Å². The fourth-order valence-corrected chi connectivity index (χ4v) is 2.35. The second-order valence-corrected chi connectivity index (χ2v) is 4.40. The molecular weight excluding hydrogens is 230 g/mol. The molecule has 0 aromatic rings. The summed E-state index contributed by atoms with van der Waals surface area (Å²) < 4.78 is 0. The van der Waals surface area contributed by atoms with Gasteiger partial charge in [-0.2, -0.15) is 0 Å². The maximum absolute atomic E-state index is 11.8. The third-order valence-electron chi connectivity index (χ3n) is 3.04. The number of carbonyl (C=O) groups is 3. The van der Waals surface area contributed by atoms with Crippen LogP contribution in [0.2, 0.25) is 0 Å². The van der Waals surface area contributed by atoms with Gasteiger partial charge in [-0.25, -0.2) is 0 Å². The number of hydrogen-bond donors (Lipinski definition) is 2. The highest BCUT2D eigenvalue weighted by molar-refractivity contribution is 7.80. The Balaban J connectivity index is 2.28. The van der Waals surface area contributed by atoms with Crippen molar-refractivity contribution in [2.75, 3.05) is 7.05 Å². The van der Waals surface area contributed by atoms with Crippen LogP contribution in [-0.4, -0.2) is 40.8 Å². The van der Waals surface area contributed by atoms with Crippen LogP contribution in [0.25, 0.3) is 0 Å². The van der Waals surface area contributed by atoms with Crippen LogP contribution in [0.4, 0.5) is 0 Å². The molecular formula is C9H11N3O3S. The van der Waals surface area contributed by atoms with Crippen LogP contribution in [0.5, 0.6) is 0 Å². The number of likely N-dealkylation sites (tertiary alicyclic amines) is 1. The number of amides is 3. The van der Waals surface area contributed by atoms with Crippen LogP contribution in [0.3, 0.4) is 0 Å². The molecule has 0 radical (unpaired) electrons. The number of rotatable bonds is 1. The summed E-state index contributed by atoms with van der Waals surface area (Å²) in [6, 6.07) is -0.733. The van der Waals surface area contributed by atoms with E-state index in [1.54, 1.807) is 6.92 Å².